The van der Waals surface area contributed by atoms with E-state index in [1.54, 1.807) is 6.08 Å². The quantitative estimate of drug-likeness (QED) is 0.406. The molecule has 0 aliphatic heterocycles. The minimum atomic E-state index is -0.554. The van der Waals surface area contributed by atoms with Gasteiger partial charge in [-0.1, -0.05) is 6.08 Å². The van der Waals surface area contributed by atoms with Crippen LogP contribution < -0.4 is 0 Å². The largest absolute Gasteiger partial charge is 0.459 e. The Balaban J connectivity index is 2.54. The first-order valence-corrected chi connectivity index (χ1v) is 5.33. The van der Waals surface area contributed by atoms with Crippen LogP contribution in [0.25, 0.3) is 0 Å². The molecular weight excluding hydrogens is 192 g/mol. The monoisotopic (exact) mass is 210 g/mol. The van der Waals surface area contributed by atoms with Gasteiger partial charge in [-0.15, -0.1) is 6.58 Å². The second kappa shape index (κ2) is 4.60. The molecule has 0 radical (unpaired) electrons. The van der Waals surface area contributed by atoms with Gasteiger partial charge < -0.3 is 4.74 Å². The van der Waals surface area contributed by atoms with E-state index in [9.17, 15) is 9.59 Å². The summed E-state index contributed by atoms with van der Waals surface area (Å²) in [6.45, 7) is 7.26. The van der Waals surface area contributed by atoms with Crippen molar-refractivity contribution >= 4 is 11.8 Å². The number of esters is 1. The molecule has 1 aliphatic carbocycles. The zero-order valence-corrected chi connectivity index (χ0v) is 9.41. The van der Waals surface area contributed by atoms with Crippen LogP contribution in [0.4, 0.5) is 0 Å². The Kier molecular flexibility index (Phi) is 3.66. The van der Waals surface area contributed by atoms with E-state index in [1.165, 1.54) is 0 Å². The van der Waals surface area contributed by atoms with Crippen molar-refractivity contribution in [2.75, 3.05) is 0 Å². The first-order chi connectivity index (χ1) is 6.96. The van der Waals surface area contributed by atoms with E-state index in [4.69, 9.17) is 4.74 Å². The molecule has 1 aliphatic rings. The van der Waals surface area contributed by atoms with E-state index in [0.717, 1.165) is 6.42 Å². The molecule has 1 unspecified atom stereocenters. The van der Waals surface area contributed by atoms with Crippen molar-refractivity contribution in [1.82, 2.24) is 0 Å². The van der Waals surface area contributed by atoms with Crippen molar-refractivity contribution in [2.45, 2.75) is 45.1 Å². The normalized spacial score (nSPS) is 21.5. The number of hydrogen-bond acceptors (Lipinski definition) is 3. The van der Waals surface area contributed by atoms with Gasteiger partial charge in [0.05, 0.1) is 0 Å². The third-order valence-electron chi connectivity index (χ3n) is 2.60. The van der Waals surface area contributed by atoms with E-state index in [0.29, 0.717) is 19.3 Å². The maximum absolute atomic E-state index is 11.7. The summed E-state index contributed by atoms with van der Waals surface area (Å²) in [6.07, 6.45) is 4.27. The Bertz CT molecular complexity index is 279. The van der Waals surface area contributed by atoms with Crippen LogP contribution in [0.1, 0.15) is 39.5 Å². The fourth-order valence-electron chi connectivity index (χ4n) is 1.80. The molecule has 1 fully saturated rings. The lowest BCUT2D eigenvalue weighted by molar-refractivity contribution is -0.162. The third-order valence-corrected chi connectivity index (χ3v) is 2.60. The Labute approximate surface area is 90.5 Å². The van der Waals surface area contributed by atoms with E-state index < -0.39 is 11.5 Å². The summed E-state index contributed by atoms with van der Waals surface area (Å²) in [6, 6.07) is 0. The Morgan fingerprint density at radius 2 is 2.33 bits per heavy atom. The van der Waals surface area contributed by atoms with Gasteiger partial charge >= 0.3 is 5.97 Å². The molecular formula is C12H18O3. The van der Waals surface area contributed by atoms with E-state index in [2.05, 4.69) is 6.58 Å². The van der Waals surface area contributed by atoms with Crippen molar-refractivity contribution in [3.63, 3.8) is 0 Å². The average Bonchev–Trinajstić information content (AvgIpc) is 2.50. The maximum atomic E-state index is 11.7. The van der Waals surface area contributed by atoms with Crippen LogP contribution in [0.2, 0.25) is 0 Å². The Morgan fingerprint density at radius 3 is 2.80 bits per heavy atom. The molecule has 3 nitrogen and oxygen atoms in total. The van der Waals surface area contributed by atoms with Crippen LogP contribution in [0.3, 0.4) is 0 Å². The molecule has 0 aromatic carbocycles. The number of carbonyl (C=O) groups excluding carboxylic acids is 2. The van der Waals surface area contributed by atoms with Crippen molar-refractivity contribution in [3.8, 4) is 0 Å². The third kappa shape index (κ3) is 3.18. The summed E-state index contributed by atoms with van der Waals surface area (Å²) >= 11 is 0. The smallest absolute Gasteiger partial charge is 0.317 e. The number of ketones is 1. The second-order valence-corrected chi connectivity index (χ2v) is 4.58. The lowest BCUT2D eigenvalue weighted by atomic mass is 10.0. The number of rotatable bonds is 4. The molecule has 0 N–H and O–H groups in total. The van der Waals surface area contributed by atoms with Crippen LogP contribution >= 0.6 is 0 Å². The fraction of sp³-hybridized carbons (Fsp3) is 0.667. The Morgan fingerprint density at radius 1 is 1.67 bits per heavy atom. The molecule has 0 amide bonds. The van der Waals surface area contributed by atoms with Crippen LogP contribution in [0, 0.1) is 5.92 Å². The molecule has 1 rings (SSSR count). The number of Topliss-reactive ketones (excluding diaryl/α,β-unsaturated/α-hetero) is 1. The van der Waals surface area contributed by atoms with E-state index in [1.807, 2.05) is 13.8 Å². The van der Waals surface area contributed by atoms with Crippen molar-refractivity contribution in [2.24, 2.45) is 5.92 Å². The van der Waals surface area contributed by atoms with Gasteiger partial charge in [-0.2, -0.15) is 0 Å². The van der Waals surface area contributed by atoms with Gasteiger partial charge in [-0.05, 0) is 26.7 Å². The van der Waals surface area contributed by atoms with Gasteiger partial charge in [0.2, 0.25) is 0 Å². The van der Waals surface area contributed by atoms with Gasteiger partial charge in [-0.25, -0.2) is 0 Å². The summed E-state index contributed by atoms with van der Waals surface area (Å²) in [5.41, 5.74) is -0.554. The second-order valence-electron chi connectivity index (χ2n) is 4.58. The molecule has 15 heavy (non-hydrogen) atoms. The SMILES string of the molecule is C=CCC(C)(C)OC(=O)C1CCCC1=O. The maximum Gasteiger partial charge on any atom is 0.317 e. The molecule has 0 spiro atoms. The summed E-state index contributed by atoms with van der Waals surface area (Å²) in [7, 11) is 0. The lowest BCUT2D eigenvalue weighted by Crippen LogP contribution is -2.32. The Hall–Kier alpha value is -1.12. The molecule has 1 atom stereocenters. The predicted octanol–water partition coefficient (Wildman–Crippen LogP) is 2.25. The highest BCUT2D eigenvalue weighted by atomic mass is 16.6. The molecule has 0 aromatic rings. The molecule has 0 aromatic heterocycles. The van der Waals surface area contributed by atoms with Gasteiger partial charge in [0.25, 0.3) is 0 Å². The topological polar surface area (TPSA) is 43.4 Å². The average molecular weight is 210 g/mol. The van der Waals surface area contributed by atoms with Crippen LogP contribution in [0.5, 0.6) is 0 Å². The van der Waals surface area contributed by atoms with Gasteiger partial charge in [0, 0.05) is 12.8 Å². The zero-order chi connectivity index (χ0) is 11.5. The number of carbonyl (C=O) groups is 2. The molecule has 1 saturated carbocycles. The summed E-state index contributed by atoms with van der Waals surface area (Å²) in [4.78, 5) is 23.0. The van der Waals surface area contributed by atoms with Crippen molar-refractivity contribution in [1.29, 1.82) is 0 Å². The predicted molar refractivity (Wildman–Crippen MR) is 57.3 cm³/mol. The highest BCUT2D eigenvalue weighted by Gasteiger charge is 2.35. The van der Waals surface area contributed by atoms with Gasteiger partial charge in [0.15, 0.2) is 0 Å². The lowest BCUT2D eigenvalue weighted by Gasteiger charge is -2.25. The van der Waals surface area contributed by atoms with E-state index >= 15 is 0 Å². The zero-order valence-electron chi connectivity index (χ0n) is 9.41. The first-order valence-electron chi connectivity index (χ1n) is 5.33. The molecule has 84 valence electrons. The highest BCUT2D eigenvalue weighted by Crippen LogP contribution is 2.25. The summed E-state index contributed by atoms with van der Waals surface area (Å²) in [5.74, 6) is -0.868. The first kappa shape index (κ1) is 12.0. The van der Waals surface area contributed by atoms with Gasteiger partial charge in [-0.3, -0.25) is 9.59 Å². The standard InChI is InChI=1S/C12H18O3/c1-4-8-12(2,3)15-11(14)9-6-5-7-10(9)13/h4,9H,1,5-8H2,2-3H3. The fourth-order valence-corrected chi connectivity index (χ4v) is 1.80. The van der Waals surface area contributed by atoms with Crippen molar-refractivity contribution in [3.05, 3.63) is 12.7 Å². The molecule has 0 heterocycles. The highest BCUT2D eigenvalue weighted by molar-refractivity contribution is 6.00. The molecule has 0 saturated heterocycles. The number of ether oxygens (including phenoxy) is 1. The van der Waals surface area contributed by atoms with E-state index in [-0.39, 0.29) is 11.8 Å². The number of hydrogen-bond donors (Lipinski definition) is 0. The molecule has 0 bridgehead atoms. The minimum absolute atomic E-state index is 0.0226. The van der Waals surface area contributed by atoms with Crippen LogP contribution in [-0.4, -0.2) is 17.4 Å². The minimum Gasteiger partial charge on any atom is -0.459 e. The molecule has 3 heteroatoms. The van der Waals surface area contributed by atoms with Gasteiger partial charge in [0.1, 0.15) is 17.3 Å². The summed E-state index contributed by atoms with van der Waals surface area (Å²) in [5, 5.41) is 0. The van der Waals surface area contributed by atoms with Crippen LogP contribution in [-0.2, 0) is 14.3 Å². The summed E-state index contributed by atoms with van der Waals surface area (Å²) < 4.78 is 5.30. The van der Waals surface area contributed by atoms with Crippen molar-refractivity contribution < 1.29 is 14.3 Å². The van der Waals surface area contributed by atoms with Crippen LogP contribution in [0.15, 0.2) is 12.7 Å².